The highest BCUT2D eigenvalue weighted by molar-refractivity contribution is 7.91. The van der Waals surface area contributed by atoms with Crippen LogP contribution in [-0.2, 0) is 26.3 Å². The van der Waals surface area contributed by atoms with Crippen LogP contribution in [0.15, 0.2) is 11.2 Å². The van der Waals surface area contributed by atoms with E-state index in [9.17, 15) is 16.8 Å². The zero-order chi connectivity index (χ0) is 13.6. The second-order valence-corrected chi connectivity index (χ2v) is 8.10. The van der Waals surface area contributed by atoms with Gasteiger partial charge in [-0.15, -0.1) is 0 Å². The van der Waals surface area contributed by atoms with Gasteiger partial charge in [0.15, 0.2) is 14.9 Å². The Balaban J connectivity index is 2.42. The van der Waals surface area contributed by atoms with Crippen LogP contribution < -0.4 is 5.14 Å². The van der Waals surface area contributed by atoms with Gasteiger partial charge in [0.2, 0.25) is 0 Å². The average molecular weight is 293 g/mol. The molecule has 0 bridgehead atoms. The first-order valence-corrected chi connectivity index (χ1v) is 8.90. The summed E-state index contributed by atoms with van der Waals surface area (Å²) >= 11 is 0. The minimum Gasteiger partial charge on any atom is -0.329 e. The number of hydrogen-bond acceptors (Lipinski definition) is 5. The van der Waals surface area contributed by atoms with Crippen molar-refractivity contribution in [2.75, 3.05) is 11.5 Å². The van der Waals surface area contributed by atoms with Gasteiger partial charge >= 0.3 is 0 Å². The van der Waals surface area contributed by atoms with E-state index >= 15 is 0 Å². The first-order valence-electron chi connectivity index (χ1n) is 5.54. The summed E-state index contributed by atoms with van der Waals surface area (Å²) < 4.78 is 47.0. The normalized spacial score (nSPS) is 23.3. The number of sulfone groups is 1. The maximum atomic E-state index is 11.4. The van der Waals surface area contributed by atoms with Crippen molar-refractivity contribution in [3.05, 3.63) is 12.0 Å². The number of nitrogens with zero attached hydrogens (tertiary/aromatic N) is 2. The SMILES string of the molecule is CCc1nc(S(N)(=O)=O)cn1C1CCS(=O)(=O)C1. The number of rotatable bonds is 3. The molecular formula is C9H15N3O4S2. The van der Waals surface area contributed by atoms with E-state index in [0.29, 0.717) is 18.7 Å². The number of nitrogens with two attached hydrogens (primary N) is 1. The highest BCUT2D eigenvalue weighted by Gasteiger charge is 2.31. The van der Waals surface area contributed by atoms with Crippen LogP contribution >= 0.6 is 0 Å². The van der Waals surface area contributed by atoms with Gasteiger partial charge in [0.25, 0.3) is 10.0 Å². The third-order valence-electron chi connectivity index (χ3n) is 3.00. The Morgan fingerprint density at radius 3 is 2.67 bits per heavy atom. The third-order valence-corrected chi connectivity index (χ3v) is 5.53. The molecule has 7 nitrogen and oxygen atoms in total. The van der Waals surface area contributed by atoms with Crippen molar-refractivity contribution in [3.8, 4) is 0 Å². The van der Waals surface area contributed by atoms with E-state index in [2.05, 4.69) is 4.98 Å². The molecule has 2 rings (SSSR count). The molecular weight excluding hydrogens is 278 g/mol. The number of imidazole rings is 1. The number of primary sulfonamides is 1. The van der Waals surface area contributed by atoms with E-state index in [-0.39, 0.29) is 22.6 Å². The minimum atomic E-state index is -3.85. The zero-order valence-electron chi connectivity index (χ0n) is 9.90. The first-order chi connectivity index (χ1) is 8.23. The predicted octanol–water partition coefficient (Wildman–Crippen LogP) is -0.547. The summed E-state index contributed by atoms with van der Waals surface area (Å²) in [5, 5.41) is 4.82. The standard InChI is InChI=1S/C9H15N3O4S2/c1-2-8-11-9(18(10,15)16)5-12(8)7-3-4-17(13,14)6-7/h5,7H,2-4,6H2,1H3,(H2,10,15,16). The minimum absolute atomic E-state index is 0.0282. The molecule has 1 saturated heterocycles. The lowest BCUT2D eigenvalue weighted by atomic mass is 10.2. The maximum absolute atomic E-state index is 11.4. The second kappa shape index (κ2) is 4.32. The van der Waals surface area contributed by atoms with Gasteiger partial charge in [-0.2, -0.15) is 0 Å². The molecule has 1 aromatic heterocycles. The number of sulfonamides is 1. The van der Waals surface area contributed by atoms with Crippen molar-refractivity contribution in [1.82, 2.24) is 9.55 Å². The van der Waals surface area contributed by atoms with Crippen molar-refractivity contribution in [2.45, 2.75) is 30.8 Å². The Morgan fingerprint density at radius 2 is 2.22 bits per heavy atom. The van der Waals surface area contributed by atoms with Crippen LogP contribution in [-0.4, -0.2) is 37.9 Å². The second-order valence-electron chi connectivity index (χ2n) is 4.36. The molecule has 0 amide bonds. The molecule has 102 valence electrons. The summed E-state index contributed by atoms with van der Waals surface area (Å²) in [7, 11) is -6.88. The Labute approximate surface area is 106 Å². The third kappa shape index (κ3) is 2.57. The highest BCUT2D eigenvalue weighted by Crippen LogP contribution is 2.26. The number of aryl methyl sites for hydroxylation is 1. The Bertz CT molecular complexity index is 660. The highest BCUT2D eigenvalue weighted by atomic mass is 32.2. The van der Waals surface area contributed by atoms with Gasteiger partial charge in [0, 0.05) is 18.7 Å². The van der Waals surface area contributed by atoms with Gasteiger partial charge in [-0.05, 0) is 6.42 Å². The molecule has 1 atom stereocenters. The zero-order valence-corrected chi connectivity index (χ0v) is 11.5. The number of hydrogen-bond donors (Lipinski definition) is 1. The van der Waals surface area contributed by atoms with E-state index in [4.69, 9.17) is 5.14 Å². The Kier molecular flexibility index (Phi) is 3.24. The molecule has 2 heterocycles. The van der Waals surface area contributed by atoms with Crippen molar-refractivity contribution in [2.24, 2.45) is 5.14 Å². The van der Waals surface area contributed by atoms with Crippen LogP contribution in [0.25, 0.3) is 0 Å². The molecule has 1 fully saturated rings. The molecule has 0 radical (unpaired) electrons. The monoisotopic (exact) mass is 293 g/mol. The lowest BCUT2D eigenvalue weighted by molar-refractivity contribution is 0.533. The van der Waals surface area contributed by atoms with E-state index in [0.717, 1.165) is 0 Å². The lowest BCUT2D eigenvalue weighted by Gasteiger charge is -2.12. The van der Waals surface area contributed by atoms with Crippen molar-refractivity contribution >= 4 is 19.9 Å². The summed E-state index contributed by atoms with van der Waals surface area (Å²) in [5.41, 5.74) is 0. The van der Waals surface area contributed by atoms with Gasteiger partial charge in [0.05, 0.1) is 11.5 Å². The fourth-order valence-corrected chi connectivity index (χ4v) is 4.32. The molecule has 0 saturated carbocycles. The Hall–Kier alpha value is -0.930. The maximum Gasteiger partial charge on any atom is 0.257 e. The van der Waals surface area contributed by atoms with Crippen molar-refractivity contribution in [1.29, 1.82) is 0 Å². The van der Waals surface area contributed by atoms with Crippen LogP contribution in [0.5, 0.6) is 0 Å². The topological polar surface area (TPSA) is 112 Å². The fourth-order valence-electron chi connectivity index (χ4n) is 2.12. The summed E-state index contributed by atoms with van der Waals surface area (Å²) in [5.74, 6) is 0.700. The van der Waals surface area contributed by atoms with E-state index in [1.165, 1.54) is 6.20 Å². The summed E-state index contributed by atoms with van der Waals surface area (Å²) in [4.78, 5) is 3.95. The fraction of sp³-hybridized carbons (Fsp3) is 0.667. The molecule has 1 aliphatic rings. The Morgan fingerprint density at radius 1 is 1.56 bits per heavy atom. The largest absolute Gasteiger partial charge is 0.329 e. The molecule has 1 unspecified atom stereocenters. The van der Waals surface area contributed by atoms with Gasteiger partial charge in [-0.3, -0.25) is 0 Å². The first kappa shape index (κ1) is 13.5. The summed E-state index contributed by atoms with van der Waals surface area (Å²) in [6, 6.07) is -0.243. The molecule has 0 aliphatic carbocycles. The van der Waals surface area contributed by atoms with E-state index in [1.807, 2.05) is 6.92 Å². The van der Waals surface area contributed by atoms with Crippen LogP contribution in [0.3, 0.4) is 0 Å². The molecule has 18 heavy (non-hydrogen) atoms. The van der Waals surface area contributed by atoms with Crippen LogP contribution in [0.2, 0.25) is 0 Å². The molecule has 0 aromatic carbocycles. The average Bonchev–Trinajstić information content (AvgIpc) is 2.79. The van der Waals surface area contributed by atoms with E-state index < -0.39 is 19.9 Å². The smallest absolute Gasteiger partial charge is 0.257 e. The predicted molar refractivity (Wildman–Crippen MR) is 65.3 cm³/mol. The van der Waals surface area contributed by atoms with Crippen LogP contribution in [0.4, 0.5) is 0 Å². The molecule has 9 heteroatoms. The molecule has 1 aliphatic heterocycles. The molecule has 2 N–H and O–H groups in total. The van der Waals surface area contributed by atoms with Crippen molar-refractivity contribution < 1.29 is 16.8 Å². The van der Waals surface area contributed by atoms with Crippen LogP contribution in [0.1, 0.15) is 25.2 Å². The van der Waals surface area contributed by atoms with Gasteiger partial charge in [0.1, 0.15) is 5.82 Å². The summed E-state index contributed by atoms with van der Waals surface area (Å²) in [6.07, 6.45) is 2.33. The lowest BCUT2D eigenvalue weighted by Crippen LogP contribution is -2.13. The van der Waals surface area contributed by atoms with Gasteiger partial charge in [-0.1, -0.05) is 6.92 Å². The van der Waals surface area contributed by atoms with Crippen molar-refractivity contribution in [3.63, 3.8) is 0 Å². The van der Waals surface area contributed by atoms with Gasteiger partial charge < -0.3 is 4.57 Å². The van der Waals surface area contributed by atoms with Crippen LogP contribution in [0, 0.1) is 0 Å². The quantitative estimate of drug-likeness (QED) is 0.803. The molecule has 0 spiro atoms. The van der Waals surface area contributed by atoms with Gasteiger partial charge in [-0.25, -0.2) is 27.0 Å². The van der Waals surface area contributed by atoms with E-state index in [1.54, 1.807) is 4.57 Å². The summed E-state index contributed by atoms with van der Waals surface area (Å²) in [6.45, 7) is 1.83. The molecule has 1 aromatic rings. The number of aromatic nitrogens is 2.